The molecule has 0 spiro atoms. The maximum Gasteiger partial charge on any atom is 0.289 e. The van der Waals surface area contributed by atoms with Gasteiger partial charge in [0.2, 0.25) is 23.5 Å². The minimum absolute atomic E-state index is 0.0168. The van der Waals surface area contributed by atoms with Gasteiger partial charge in [-0.3, -0.25) is 29.3 Å². The van der Waals surface area contributed by atoms with Crippen LogP contribution < -0.4 is 26.6 Å². The highest BCUT2D eigenvalue weighted by molar-refractivity contribution is 6.38. The summed E-state index contributed by atoms with van der Waals surface area (Å²) in [6.07, 6.45) is 7.97. The number of hydrogen-bond donors (Lipinski definition) is 6. The van der Waals surface area contributed by atoms with Gasteiger partial charge in [0.1, 0.15) is 18.3 Å². The van der Waals surface area contributed by atoms with E-state index in [0.29, 0.717) is 25.8 Å². The molecule has 41 heavy (non-hydrogen) atoms. The second kappa shape index (κ2) is 15.1. The maximum atomic E-state index is 13.6. The minimum Gasteiger partial charge on any atom is -0.378 e. The molecule has 0 bridgehead atoms. The zero-order valence-corrected chi connectivity index (χ0v) is 25.2. The summed E-state index contributed by atoms with van der Waals surface area (Å²) >= 11 is 0. The fraction of sp³-hybridized carbons (Fsp3) is 0.833. The third-order valence-corrected chi connectivity index (χ3v) is 8.44. The first-order chi connectivity index (χ1) is 19.4. The molecular weight excluding hydrogens is 526 g/mol. The van der Waals surface area contributed by atoms with Crippen molar-refractivity contribution in [2.45, 2.75) is 135 Å². The Hall–Kier alpha value is -2.53. The molecule has 11 heteroatoms. The number of aliphatic hydroxyl groups excluding tert-OH is 1. The van der Waals surface area contributed by atoms with Gasteiger partial charge in [-0.05, 0) is 63.8 Å². The maximum absolute atomic E-state index is 13.6. The molecule has 0 radical (unpaired) electrons. The predicted molar refractivity (Wildman–Crippen MR) is 154 cm³/mol. The summed E-state index contributed by atoms with van der Waals surface area (Å²) in [7, 11) is 0. The molecular formula is C30H51N5O6. The summed E-state index contributed by atoms with van der Waals surface area (Å²) in [5, 5.41) is 24.7. The Balaban J connectivity index is 1.74. The van der Waals surface area contributed by atoms with E-state index >= 15 is 0 Å². The Bertz CT molecular complexity index is 940. The molecule has 1 aliphatic heterocycles. The van der Waals surface area contributed by atoms with Gasteiger partial charge < -0.3 is 26.4 Å². The normalized spacial score (nSPS) is 23.9. The summed E-state index contributed by atoms with van der Waals surface area (Å²) in [4.78, 5) is 65.9. The largest absolute Gasteiger partial charge is 0.378 e. The molecule has 1 unspecified atom stereocenters. The van der Waals surface area contributed by atoms with Crippen molar-refractivity contribution in [1.29, 1.82) is 0 Å². The van der Waals surface area contributed by atoms with Crippen LogP contribution in [0.4, 0.5) is 0 Å². The second-order valence-electron chi connectivity index (χ2n) is 13.2. The highest BCUT2D eigenvalue weighted by Gasteiger charge is 2.38. The first-order valence-corrected chi connectivity index (χ1v) is 15.6. The summed E-state index contributed by atoms with van der Waals surface area (Å²) in [5.41, 5.74) is -0.680. The molecule has 0 aromatic carbocycles. The smallest absolute Gasteiger partial charge is 0.289 e. The Labute approximate surface area is 244 Å². The molecule has 2 aliphatic carbocycles. The molecule has 1 heterocycles. The van der Waals surface area contributed by atoms with Crippen LogP contribution in [-0.4, -0.2) is 71.5 Å². The van der Waals surface area contributed by atoms with Crippen molar-refractivity contribution in [2.75, 3.05) is 6.54 Å². The second-order valence-corrected chi connectivity index (χ2v) is 13.2. The fourth-order valence-electron chi connectivity index (χ4n) is 5.68. The molecule has 4 amide bonds. The number of hydrogen-bond acceptors (Lipinski definition) is 7. The number of rotatable bonds is 13. The zero-order chi connectivity index (χ0) is 30.2. The van der Waals surface area contributed by atoms with Crippen LogP contribution in [-0.2, 0) is 24.0 Å². The van der Waals surface area contributed by atoms with Gasteiger partial charge in [-0.25, -0.2) is 0 Å². The molecule has 1 saturated heterocycles. The lowest BCUT2D eigenvalue weighted by Crippen LogP contribution is -2.59. The fourth-order valence-corrected chi connectivity index (χ4v) is 5.68. The highest BCUT2D eigenvalue weighted by Crippen LogP contribution is 2.28. The van der Waals surface area contributed by atoms with E-state index in [-0.39, 0.29) is 30.2 Å². The lowest BCUT2D eigenvalue weighted by atomic mass is 9.82. The summed E-state index contributed by atoms with van der Waals surface area (Å²) in [6, 6.07) is -2.86. The average Bonchev–Trinajstić information content (AvgIpc) is 3.75. The first-order valence-electron chi connectivity index (χ1n) is 15.6. The van der Waals surface area contributed by atoms with Crippen LogP contribution in [0.25, 0.3) is 0 Å². The number of nitrogens with one attached hydrogen (secondary N) is 5. The molecule has 5 atom stereocenters. The molecule has 11 nitrogen and oxygen atoms in total. The van der Waals surface area contributed by atoms with Crippen molar-refractivity contribution in [3.63, 3.8) is 0 Å². The summed E-state index contributed by atoms with van der Waals surface area (Å²) in [5.74, 6) is -3.02. The number of carbonyl (C=O) groups is 5. The van der Waals surface area contributed by atoms with Crippen molar-refractivity contribution < 1.29 is 29.1 Å². The molecule has 0 aromatic heterocycles. The van der Waals surface area contributed by atoms with E-state index in [0.717, 1.165) is 51.4 Å². The van der Waals surface area contributed by atoms with Gasteiger partial charge in [0.05, 0.1) is 6.04 Å². The summed E-state index contributed by atoms with van der Waals surface area (Å²) < 4.78 is 0. The van der Waals surface area contributed by atoms with Crippen molar-refractivity contribution in [1.82, 2.24) is 26.6 Å². The van der Waals surface area contributed by atoms with E-state index in [4.69, 9.17) is 0 Å². The number of Topliss-reactive ketones (excluding diaryl/α,β-unsaturated/α-hetero) is 1. The Kier molecular flexibility index (Phi) is 12.1. The van der Waals surface area contributed by atoms with Crippen LogP contribution in [0.2, 0.25) is 0 Å². The minimum atomic E-state index is -1.13. The lowest BCUT2D eigenvalue weighted by molar-refractivity contribution is -0.141. The van der Waals surface area contributed by atoms with Crippen LogP contribution in [0, 0.1) is 17.3 Å². The van der Waals surface area contributed by atoms with Crippen LogP contribution in [0.5, 0.6) is 0 Å². The Morgan fingerprint density at radius 1 is 0.854 bits per heavy atom. The van der Waals surface area contributed by atoms with E-state index in [1.807, 2.05) is 6.92 Å². The first kappa shape index (κ1) is 33.0. The van der Waals surface area contributed by atoms with Crippen LogP contribution in [0.15, 0.2) is 0 Å². The van der Waals surface area contributed by atoms with Crippen LogP contribution in [0.1, 0.15) is 105 Å². The van der Waals surface area contributed by atoms with Gasteiger partial charge in [-0.15, -0.1) is 0 Å². The van der Waals surface area contributed by atoms with E-state index in [1.165, 1.54) is 0 Å². The molecule has 2 saturated carbocycles. The molecule has 3 rings (SSSR count). The number of carbonyl (C=O) groups excluding carboxylic acids is 5. The lowest BCUT2D eigenvalue weighted by Gasteiger charge is -2.33. The van der Waals surface area contributed by atoms with Crippen LogP contribution in [0.3, 0.4) is 0 Å². The number of ketones is 1. The molecule has 3 fully saturated rings. The third kappa shape index (κ3) is 10.1. The predicted octanol–water partition coefficient (Wildman–Crippen LogP) is 1.42. The van der Waals surface area contributed by atoms with Gasteiger partial charge in [-0.2, -0.15) is 0 Å². The molecule has 3 aliphatic rings. The average molecular weight is 578 g/mol. The van der Waals surface area contributed by atoms with Crippen LogP contribution >= 0.6 is 0 Å². The molecule has 232 valence electrons. The zero-order valence-electron chi connectivity index (χ0n) is 25.2. The standard InChI is InChI=1S/C30H51N5O6/c1-5-10-21(33-27(39)23(18-11-7-6-8-12-18)35-29(41)30(2,3)4)26(38)34-22(17-19-13-9-16-31-25(19)37)24(36)28(40)32-20-14-15-20/h18-23,25,31,37H,5-17H2,1-4H3,(H,32,40)(H,33,39)(H,34,38)(H,35,41)/t19-,21-,22-,23+,25?/m0/s1. The van der Waals surface area contributed by atoms with E-state index < -0.39 is 53.3 Å². The molecule has 0 aromatic rings. The summed E-state index contributed by atoms with van der Waals surface area (Å²) in [6.45, 7) is 7.92. The van der Waals surface area contributed by atoms with Crippen molar-refractivity contribution in [3.8, 4) is 0 Å². The highest BCUT2D eigenvalue weighted by atomic mass is 16.3. The van der Waals surface area contributed by atoms with Crippen molar-refractivity contribution in [2.24, 2.45) is 17.3 Å². The topological polar surface area (TPSA) is 166 Å². The van der Waals surface area contributed by atoms with Gasteiger partial charge in [-0.1, -0.05) is 53.4 Å². The quantitative estimate of drug-likeness (QED) is 0.180. The van der Waals surface area contributed by atoms with Gasteiger partial charge in [0, 0.05) is 17.4 Å². The SMILES string of the molecule is CCC[C@H](NC(=O)[C@H](NC(=O)C(C)(C)C)C1CCCCC1)C(=O)N[C@@H](C[C@@H]1CCCNC1O)C(=O)C(=O)NC1CC1. The Morgan fingerprint density at radius 2 is 1.51 bits per heavy atom. The van der Waals surface area contributed by atoms with Gasteiger partial charge in [0.15, 0.2) is 0 Å². The third-order valence-electron chi connectivity index (χ3n) is 8.44. The number of piperidine rings is 1. The van der Waals surface area contributed by atoms with Gasteiger partial charge in [0.25, 0.3) is 5.91 Å². The number of amides is 4. The van der Waals surface area contributed by atoms with E-state index in [9.17, 15) is 29.1 Å². The van der Waals surface area contributed by atoms with Gasteiger partial charge >= 0.3 is 0 Å². The van der Waals surface area contributed by atoms with E-state index in [2.05, 4.69) is 26.6 Å². The molecule has 6 N–H and O–H groups in total. The number of aliphatic hydroxyl groups is 1. The van der Waals surface area contributed by atoms with Crippen molar-refractivity contribution >= 4 is 29.4 Å². The van der Waals surface area contributed by atoms with E-state index in [1.54, 1.807) is 20.8 Å². The Morgan fingerprint density at radius 3 is 2.10 bits per heavy atom. The monoisotopic (exact) mass is 577 g/mol. The van der Waals surface area contributed by atoms with Crippen molar-refractivity contribution in [3.05, 3.63) is 0 Å².